The lowest BCUT2D eigenvalue weighted by Crippen LogP contribution is -2.04. The highest BCUT2D eigenvalue weighted by Crippen LogP contribution is 2.30. The molecule has 0 bridgehead atoms. The van der Waals surface area contributed by atoms with Crippen molar-refractivity contribution in [2.24, 2.45) is 0 Å². The molecule has 0 aliphatic heterocycles. The van der Waals surface area contributed by atoms with Gasteiger partial charge in [-0.15, -0.1) is 5.10 Å². The Morgan fingerprint density at radius 2 is 1.76 bits per heavy atom. The van der Waals surface area contributed by atoms with Crippen LogP contribution in [-0.4, -0.2) is 14.6 Å². The van der Waals surface area contributed by atoms with Crippen molar-refractivity contribution in [3.63, 3.8) is 0 Å². The molecule has 0 aliphatic rings. The van der Waals surface area contributed by atoms with Crippen LogP contribution in [0.25, 0.3) is 17.0 Å². The molecule has 1 aromatic carbocycles. The molecule has 21 heavy (non-hydrogen) atoms. The van der Waals surface area contributed by atoms with Crippen molar-refractivity contribution in [3.05, 3.63) is 53.7 Å². The highest BCUT2D eigenvalue weighted by Gasteiger charge is 2.30. The maximum absolute atomic E-state index is 12.5. The summed E-state index contributed by atoms with van der Waals surface area (Å²) in [7, 11) is 0. The maximum atomic E-state index is 12.5. The minimum absolute atomic E-state index is 0.270. The minimum atomic E-state index is -4.38. The van der Waals surface area contributed by atoms with Crippen LogP contribution in [0.4, 0.5) is 13.2 Å². The fraction of sp³-hybridized carbons (Fsp3) is 0.0714. The number of pyridine rings is 1. The summed E-state index contributed by atoms with van der Waals surface area (Å²) >= 11 is 0. The van der Waals surface area contributed by atoms with E-state index >= 15 is 0 Å². The number of benzene rings is 1. The standard InChI is InChI=1S/C14H7F3N4/c15-14(16,17)10-6-4-9(5-7-10)13-19-12-3-1-2-11(8-18)21(12)20-13/h1-7H. The van der Waals surface area contributed by atoms with Crippen LogP contribution in [0.15, 0.2) is 42.5 Å². The molecule has 4 nitrogen and oxygen atoms in total. The molecule has 0 unspecified atom stereocenters. The molecule has 7 heteroatoms. The molecular formula is C14H7F3N4. The van der Waals surface area contributed by atoms with Gasteiger partial charge in [0, 0.05) is 5.56 Å². The average Bonchev–Trinajstić information content (AvgIpc) is 2.90. The van der Waals surface area contributed by atoms with Gasteiger partial charge in [0.15, 0.2) is 11.5 Å². The Bertz CT molecular complexity index is 841. The van der Waals surface area contributed by atoms with E-state index in [0.29, 0.717) is 16.9 Å². The van der Waals surface area contributed by atoms with E-state index in [-0.39, 0.29) is 5.82 Å². The second-order valence-electron chi connectivity index (χ2n) is 4.30. The Morgan fingerprint density at radius 3 is 2.38 bits per heavy atom. The van der Waals surface area contributed by atoms with Gasteiger partial charge in [-0.1, -0.05) is 18.2 Å². The van der Waals surface area contributed by atoms with Gasteiger partial charge < -0.3 is 0 Å². The second kappa shape index (κ2) is 4.59. The molecule has 104 valence electrons. The van der Waals surface area contributed by atoms with Crippen molar-refractivity contribution in [1.82, 2.24) is 14.6 Å². The number of alkyl halides is 3. The summed E-state index contributed by atoms with van der Waals surface area (Å²) in [6.07, 6.45) is -4.38. The molecule has 0 N–H and O–H groups in total. The van der Waals surface area contributed by atoms with Gasteiger partial charge in [0.2, 0.25) is 0 Å². The molecule has 2 aromatic heterocycles. The summed E-state index contributed by atoms with van der Waals surface area (Å²) in [5.74, 6) is 0.270. The Labute approximate surface area is 117 Å². The van der Waals surface area contributed by atoms with Crippen LogP contribution in [0.5, 0.6) is 0 Å². The first-order chi connectivity index (χ1) is 9.99. The van der Waals surface area contributed by atoms with Gasteiger partial charge in [0.1, 0.15) is 11.8 Å². The number of nitrogens with zero attached hydrogens (tertiary/aromatic N) is 4. The van der Waals surface area contributed by atoms with Crippen LogP contribution in [0.1, 0.15) is 11.3 Å². The Hall–Kier alpha value is -2.88. The zero-order valence-electron chi connectivity index (χ0n) is 10.5. The Morgan fingerprint density at radius 1 is 1.05 bits per heavy atom. The molecule has 0 saturated carbocycles. The molecule has 0 spiro atoms. The van der Waals surface area contributed by atoms with E-state index in [1.807, 2.05) is 6.07 Å². The van der Waals surface area contributed by atoms with E-state index in [4.69, 9.17) is 5.26 Å². The normalized spacial score (nSPS) is 11.5. The van der Waals surface area contributed by atoms with E-state index in [1.165, 1.54) is 16.6 Å². The van der Waals surface area contributed by atoms with Gasteiger partial charge in [-0.3, -0.25) is 0 Å². The molecule has 0 atom stereocenters. The third kappa shape index (κ3) is 2.31. The minimum Gasteiger partial charge on any atom is -0.207 e. The molecule has 0 amide bonds. The van der Waals surface area contributed by atoms with Crippen molar-refractivity contribution >= 4 is 5.65 Å². The first-order valence-electron chi connectivity index (χ1n) is 5.92. The van der Waals surface area contributed by atoms with Gasteiger partial charge in [-0.05, 0) is 24.3 Å². The van der Waals surface area contributed by atoms with E-state index in [2.05, 4.69) is 10.1 Å². The zero-order valence-corrected chi connectivity index (χ0v) is 10.5. The van der Waals surface area contributed by atoms with Crippen molar-refractivity contribution in [1.29, 1.82) is 5.26 Å². The monoisotopic (exact) mass is 288 g/mol. The fourth-order valence-electron chi connectivity index (χ4n) is 1.92. The number of aromatic nitrogens is 3. The van der Waals surface area contributed by atoms with E-state index in [0.717, 1.165) is 12.1 Å². The van der Waals surface area contributed by atoms with Gasteiger partial charge in [-0.25, -0.2) is 9.50 Å². The average molecular weight is 288 g/mol. The van der Waals surface area contributed by atoms with Crippen LogP contribution < -0.4 is 0 Å². The summed E-state index contributed by atoms with van der Waals surface area (Å²) in [5.41, 5.74) is 0.491. The molecule has 0 radical (unpaired) electrons. The van der Waals surface area contributed by atoms with Gasteiger partial charge >= 0.3 is 6.18 Å². The topological polar surface area (TPSA) is 54.0 Å². The van der Waals surface area contributed by atoms with Gasteiger partial charge in [0.05, 0.1) is 5.56 Å². The molecule has 3 rings (SSSR count). The fourth-order valence-corrected chi connectivity index (χ4v) is 1.92. The molecule has 3 aromatic rings. The van der Waals surface area contributed by atoms with Crippen LogP contribution >= 0.6 is 0 Å². The molecule has 0 fully saturated rings. The maximum Gasteiger partial charge on any atom is 0.416 e. The van der Waals surface area contributed by atoms with E-state index < -0.39 is 11.7 Å². The van der Waals surface area contributed by atoms with Crippen LogP contribution in [0, 0.1) is 11.3 Å². The lowest BCUT2D eigenvalue weighted by atomic mass is 10.1. The first-order valence-corrected chi connectivity index (χ1v) is 5.92. The van der Waals surface area contributed by atoms with Crippen molar-refractivity contribution < 1.29 is 13.2 Å². The van der Waals surface area contributed by atoms with Gasteiger partial charge in [0.25, 0.3) is 0 Å². The number of hydrogen-bond donors (Lipinski definition) is 0. The summed E-state index contributed by atoms with van der Waals surface area (Å²) in [5, 5.41) is 13.1. The van der Waals surface area contributed by atoms with Crippen molar-refractivity contribution in [2.75, 3.05) is 0 Å². The summed E-state index contributed by atoms with van der Waals surface area (Å²) in [6, 6.07) is 11.5. The second-order valence-corrected chi connectivity index (χ2v) is 4.30. The molecule has 2 heterocycles. The van der Waals surface area contributed by atoms with Crippen molar-refractivity contribution in [2.45, 2.75) is 6.18 Å². The molecule has 0 saturated heterocycles. The molecular weight excluding hydrogens is 281 g/mol. The van der Waals surface area contributed by atoms with E-state index in [9.17, 15) is 13.2 Å². The number of rotatable bonds is 1. The number of nitriles is 1. The first kappa shape index (κ1) is 13.1. The quantitative estimate of drug-likeness (QED) is 0.690. The smallest absolute Gasteiger partial charge is 0.207 e. The summed E-state index contributed by atoms with van der Waals surface area (Å²) in [6.45, 7) is 0. The Balaban J connectivity index is 2.07. The highest BCUT2D eigenvalue weighted by atomic mass is 19.4. The lowest BCUT2D eigenvalue weighted by Gasteiger charge is -2.05. The lowest BCUT2D eigenvalue weighted by molar-refractivity contribution is -0.137. The highest BCUT2D eigenvalue weighted by molar-refractivity contribution is 5.59. The molecule has 0 aliphatic carbocycles. The summed E-state index contributed by atoms with van der Waals surface area (Å²) in [4.78, 5) is 4.20. The van der Waals surface area contributed by atoms with Gasteiger partial charge in [-0.2, -0.15) is 18.4 Å². The van der Waals surface area contributed by atoms with Crippen molar-refractivity contribution in [3.8, 4) is 17.5 Å². The zero-order chi connectivity index (χ0) is 15.0. The predicted octanol–water partition coefficient (Wildman–Crippen LogP) is 3.29. The Kier molecular flexibility index (Phi) is 2.87. The predicted molar refractivity (Wildman–Crippen MR) is 68.1 cm³/mol. The SMILES string of the molecule is N#Cc1cccc2nc(-c3ccc(C(F)(F)F)cc3)nn12. The number of hydrogen-bond acceptors (Lipinski definition) is 3. The van der Waals surface area contributed by atoms with Crippen LogP contribution in [0.2, 0.25) is 0 Å². The summed E-state index contributed by atoms with van der Waals surface area (Å²) < 4.78 is 38.9. The van der Waals surface area contributed by atoms with Crippen LogP contribution in [-0.2, 0) is 6.18 Å². The third-order valence-corrected chi connectivity index (χ3v) is 2.94. The van der Waals surface area contributed by atoms with E-state index in [1.54, 1.807) is 18.2 Å². The third-order valence-electron chi connectivity index (χ3n) is 2.94. The largest absolute Gasteiger partial charge is 0.416 e. The number of fused-ring (bicyclic) bond motifs is 1. The number of halogens is 3. The van der Waals surface area contributed by atoms with Crippen LogP contribution in [0.3, 0.4) is 0 Å².